The Morgan fingerprint density at radius 2 is 2.12 bits per heavy atom. The van der Waals surface area contributed by atoms with E-state index < -0.39 is 41.4 Å². The number of hydrogen-bond acceptors (Lipinski definition) is 2. The summed E-state index contributed by atoms with van der Waals surface area (Å²) in [7, 11) is 1.27. The third-order valence-electron chi connectivity index (χ3n) is 2.88. The average Bonchev–Trinajstić information content (AvgIpc) is 2.57. The van der Waals surface area contributed by atoms with Gasteiger partial charge in [-0.1, -0.05) is 0 Å². The van der Waals surface area contributed by atoms with Gasteiger partial charge in [-0.25, -0.2) is 17.6 Å². The van der Waals surface area contributed by atoms with E-state index in [0.717, 1.165) is 10.9 Å². The number of nitrogens with zero attached hydrogens (tertiary/aromatic N) is 2. The molecule has 0 spiro atoms. The summed E-state index contributed by atoms with van der Waals surface area (Å²) in [4.78, 5) is 10.9. The average molecular weight is 252 g/mol. The number of carboxylic acids is 1. The summed E-state index contributed by atoms with van der Waals surface area (Å²) in [5, 5.41) is 12.2. The molecule has 0 amide bonds. The van der Waals surface area contributed by atoms with Crippen LogP contribution in [0.5, 0.6) is 0 Å². The first-order valence-corrected chi connectivity index (χ1v) is 4.66. The van der Waals surface area contributed by atoms with Crippen LogP contribution in [0.4, 0.5) is 17.6 Å². The van der Waals surface area contributed by atoms with Crippen molar-refractivity contribution in [2.45, 2.75) is 24.2 Å². The highest BCUT2D eigenvalue weighted by Gasteiger charge is 2.78. The largest absolute Gasteiger partial charge is 0.480 e. The lowest BCUT2D eigenvalue weighted by Crippen LogP contribution is -2.28. The zero-order chi connectivity index (χ0) is 13.0. The summed E-state index contributed by atoms with van der Waals surface area (Å²) >= 11 is 0. The van der Waals surface area contributed by atoms with Crippen LogP contribution in [0, 0.1) is 0 Å². The summed E-state index contributed by atoms with van der Waals surface area (Å²) in [5.41, 5.74) is -4.05. The van der Waals surface area contributed by atoms with Crippen molar-refractivity contribution in [3.05, 3.63) is 17.5 Å². The normalized spacial score (nSPS) is 26.2. The fourth-order valence-electron chi connectivity index (χ4n) is 1.92. The minimum absolute atomic E-state index is 0.604. The fourth-order valence-corrected chi connectivity index (χ4v) is 1.92. The lowest BCUT2D eigenvalue weighted by molar-refractivity contribution is -0.143. The second kappa shape index (κ2) is 3.21. The van der Waals surface area contributed by atoms with E-state index in [2.05, 4.69) is 5.10 Å². The first kappa shape index (κ1) is 11.9. The number of rotatable bonds is 3. The summed E-state index contributed by atoms with van der Waals surface area (Å²) < 4.78 is 52.5. The van der Waals surface area contributed by atoms with Crippen molar-refractivity contribution in [1.82, 2.24) is 9.78 Å². The molecule has 8 heteroatoms. The summed E-state index contributed by atoms with van der Waals surface area (Å²) in [6, 6.07) is 0. The van der Waals surface area contributed by atoms with Gasteiger partial charge in [0.05, 0.1) is 0 Å². The molecule has 0 aromatic carbocycles. The van der Waals surface area contributed by atoms with Crippen LogP contribution in [0.25, 0.3) is 0 Å². The minimum atomic E-state index is -3.51. The van der Waals surface area contributed by atoms with Gasteiger partial charge in [-0.05, 0) is 0 Å². The number of alkyl halides is 4. The van der Waals surface area contributed by atoms with Crippen molar-refractivity contribution < 1.29 is 27.5 Å². The third-order valence-corrected chi connectivity index (χ3v) is 2.88. The Bertz CT molecular complexity index is 485. The molecule has 1 unspecified atom stereocenters. The second-order valence-corrected chi connectivity index (χ2v) is 3.99. The fraction of sp³-hybridized carbons (Fsp3) is 0.556. The van der Waals surface area contributed by atoms with E-state index >= 15 is 0 Å². The van der Waals surface area contributed by atoms with Crippen molar-refractivity contribution in [3.8, 4) is 0 Å². The van der Waals surface area contributed by atoms with Crippen molar-refractivity contribution in [1.29, 1.82) is 0 Å². The van der Waals surface area contributed by atoms with Crippen LogP contribution in [-0.2, 0) is 17.3 Å². The molecule has 1 aliphatic carbocycles. The Balaban J connectivity index is 2.57. The Morgan fingerprint density at radius 1 is 1.59 bits per heavy atom. The molecule has 0 radical (unpaired) electrons. The number of carboxylic acid groups (broad SMARTS) is 1. The molecule has 1 aromatic heterocycles. The standard InChI is InChI=1S/C9H8F4N2O2/c1-15-2-4(5(14-15)6(10)11)8(7(16)17)3-9(8,12)13/h2,6H,3H2,1H3,(H,16,17). The van der Waals surface area contributed by atoms with Crippen molar-refractivity contribution in [3.63, 3.8) is 0 Å². The molecule has 2 rings (SSSR count). The van der Waals surface area contributed by atoms with E-state index in [0.29, 0.717) is 0 Å². The maximum atomic E-state index is 13.2. The number of aliphatic carboxylic acids is 1. The molecule has 0 saturated heterocycles. The van der Waals surface area contributed by atoms with Gasteiger partial charge in [-0.3, -0.25) is 9.48 Å². The number of aryl methyl sites for hydroxylation is 1. The van der Waals surface area contributed by atoms with Gasteiger partial charge < -0.3 is 5.11 Å². The van der Waals surface area contributed by atoms with Gasteiger partial charge in [-0.2, -0.15) is 5.10 Å². The molecule has 1 aromatic rings. The van der Waals surface area contributed by atoms with Gasteiger partial charge in [0.2, 0.25) is 0 Å². The highest BCUT2D eigenvalue weighted by molar-refractivity contribution is 5.88. The molecule has 0 bridgehead atoms. The van der Waals surface area contributed by atoms with Crippen molar-refractivity contribution >= 4 is 5.97 Å². The van der Waals surface area contributed by atoms with Gasteiger partial charge in [0, 0.05) is 25.2 Å². The van der Waals surface area contributed by atoms with E-state index in [1.165, 1.54) is 7.05 Å². The quantitative estimate of drug-likeness (QED) is 0.833. The molecule has 1 aliphatic rings. The molecule has 4 nitrogen and oxygen atoms in total. The molecule has 1 heterocycles. The summed E-state index contributed by atoms with van der Waals surface area (Å²) in [6.45, 7) is 0. The van der Waals surface area contributed by atoms with Crippen molar-refractivity contribution in [2.75, 3.05) is 0 Å². The van der Waals surface area contributed by atoms with E-state index in [9.17, 15) is 22.4 Å². The Labute approximate surface area is 92.8 Å². The monoisotopic (exact) mass is 252 g/mol. The van der Waals surface area contributed by atoms with Gasteiger partial charge >= 0.3 is 5.97 Å². The molecule has 1 saturated carbocycles. The minimum Gasteiger partial charge on any atom is -0.480 e. The van der Waals surface area contributed by atoms with E-state index in [1.807, 2.05) is 0 Å². The zero-order valence-electron chi connectivity index (χ0n) is 8.62. The van der Waals surface area contributed by atoms with Crippen LogP contribution in [0.15, 0.2) is 6.20 Å². The maximum Gasteiger partial charge on any atom is 0.320 e. The smallest absolute Gasteiger partial charge is 0.320 e. The topological polar surface area (TPSA) is 55.1 Å². The van der Waals surface area contributed by atoms with Gasteiger partial charge in [0.25, 0.3) is 12.3 Å². The Morgan fingerprint density at radius 3 is 2.47 bits per heavy atom. The highest BCUT2D eigenvalue weighted by atomic mass is 19.3. The summed E-state index contributed by atoms with van der Waals surface area (Å²) in [5.74, 6) is -5.32. The molecule has 1 fully saturated rings. The predicted molar refractivity (Wildman–Crippen MR) is 47.0 cm³/mol. The molecule has 1 N–H and O–H groups in total. The van der Waals surface area contributed by atoms with Crippen LogP contribution in [0.2, 0.25) is 0 Å². The van der Waals surface area contributed by atoms with Crippen LogP contribution in [0.1, 0.15) is 24.1 Å². The SMILES string of the molecule is Cn1cc(C2(C(=O)O)CC2(F)F)c(C(F)F)n1. The van der Waals surface area contributed by atoms with Crippen LogP contribution >= 0.6 is 0 Å². The first-order valence-electron chi connectivity index (χ1n) is 4.66. The molecular weight excluding hydrogens is 244 g/mol. The van der Waals surface area contributed by atoms with E-state index in [1.54, 1.807) is 0 Å². The molecule has 1 atom stereocenters. The van der Waals surface area contributed by atoms with E-state index in [4.69, 9.17) is 5.11 Å². The zero-order valence-corrected chi connectivity index (χ0v) is 8.62. The maximum absolute atomic E-state index is 13.2. The van der Waals surface area contributed by atoms with Crippen LogP contribution in [0.3, 0.4) is 0 Å². The van der Waals surface area contributed by atoms with Crippen LogP contribution in [-0.4, -0.2) is 26.8 Å². The number of aromatic nitrogens is 2. The Kier molecular flexibility index (Phi) is 2.24. The highest BCUT2D eigenvalue weighted by Crippen LogP contribution is 2.62. The first-order chi connectivity index (χ1) is 7.72. The lowest BCUT2D eigenvalue weighted by atomic mass is 9.96. The molecular formula is C9H8F4N2O2. The number of carbonyl (C=O) groups is 1. The number of halogens is 4. The second-order valence-electron chi connectivity index (χ2n) is 3.99. The predicted octanol–water partition coefficient (Wildman–Crippen LogP) is 1.72. The van der Waals surface area contributed by atoms with Gasteiger partial charge in [0.1, 0.15) is 5.69 Å². The number of hydrogen-bond donors (Lipinski definition) is 1. The lowest BCUT2D eigenvalue weighted by Gasteiger charge is -2.10. The third kappa shape index (κ3) is 1.43. The van der Waals surface area contributed by atoms with E-state index in [-0.39, 0.29) is 0 Å². The Hall–Kier alpha value is -1.60. The van der Waals surface area contributed by atoms with Crippen molar-refractivity contribution in [2.24, 2.45) is 7.05 Å². The summed E-state index contributed by atoms with van der Waals surface area (Å²) in [6.07, 6.45) is -3.14. The van der Waals surface area contributed by atoms with Crippen LogP contribution < -0.4 is 0 Å². The van der Waals surface area contributed by atoms with Gasteiger partial charge in [0.15, 0.2) is 5.41 Å². The molecule has 0 aliphatic heterocycles. The van der Waals surface area contributed by atoms with Gasteiger partial charge in [-0.15, -0.1) is 0 Å². The molecule has 94 valence electrons. The molecule has 17 heavy (non-hydrogen) atoms.